The van der Waals surface area contributed by atoms with Gasteiger partial charge >= 0.3 is 15.6 Å². The van der Waals surface area contributed by atoms with Gasteiger partial charge in [0.05, 0.1) is 0 Å². The fourth-order valence-corrected chi connectivity index (χ4v) is 0. The van der Waals surface area contributed by atoms with Crippen LogP contribution in [0.15, 0.2) is 0 Å². The number of alkyl halides is 3. The van der Waals surface area contributed by atoms with E-state index in [9.17, 15) is 13.2 Å². The predicted molar refractivity (Wildman–Crippen MR) is 21.2 cm³/mol. The molecule has 0 aromatic rings. The summed E-state index contributed by atoms with van der Waals surface area (Å²) in [5, 5.41) is 0. The molecule has 0 rings (SSSR count). The molecule has 0 spiro atoms. The normalized spacial score (nSPS) is 11.2. The van der Waals surface area contributed by atoms with Gasteiger partial charge in [-0.1, -0.05) is 0 Å². The summed E-state index contributed by atoms with van der Waals surface area (Å²) < 4.78 is 57.5. The standard InChI is InChI=1S/CHF3O3S.Eu.H2O/c2-1(3,4)8(5,6)7;;/h(H,5,6,7);;1H2. The van der Waals surface area contributed by atoms with Gasteiger partial charge in [-0.15, -0.1) is 0 Å². The molecule has 0 aliphatic carbocycles. The van der Waals surface area contributed by atoms with Gasteiger partial charge in [0.15, 0.2) is 0 Å². The second kappa shape index (κ2) is 4.99. The van der Waals surface area contributed by atoms with Crippen LogP contribution in [0.2, 0.25) is 0 Å². The van der Waals surface area contributed by atoms with Gasteiger partial charge in [-0.25, -0.2) is 0 Å². The van der Waals surface area contributed by atoms with Gasteiger partial charge in [-0.3, -0.25) is 4.55 Å². The van der Waals surface area contributed by atoms with Crippen molar-refractivity contribution in [2.24, 2.45) is 0 Å². The first-order valence-corrected chi connectivity index (χ1v) is 2.73. The van der Waals surface area contributed by atoms with Crippen LogP contribution in [0.5, 0.6) is 0 Å². The molecular formula is CH3EuF3O4S. The fraction of sp³-hybridized carbons (Fsp3) is 1.00. The van der Waals surface area contributed by atoms with E-state index in [1.54, 1.807) is 0 Å². The monoisotopic (exact) mass is 321 g/mol. The third-order valence-corrected chi connectivity index (χ3v) is 0.877. The fourth-order valence-electron chi connectivity index (χ4n) is 0. The van der Waals surface area contributed by atoms with Crippen molar-refractivity contribution < 1.29 is 81.0 Å². The zero-order valence-corrected chi connectivity index (χ0v) is 7.43. The molecule has 0 aliphatic rings. The molecule has 0 heterocycles. The third-order valence-electron chi connectivity index (χ3n) is 0.292. The van der Waals surface area contributed by atoms with Crippen molar-refractivity contribution in [1.29, 1.82) is 0 Å². The van der Waals surface area contributed by atoms with E-state index in [0.717, 1.165) is 0 Å². The van der Waals surface area contributed by atoms with Crippen molar-refractivity contribution >= 4 is 10.1 Å². The van der Waals surface area contributed by atoms with Crippen molar-refractivity contribution in [2.75, 3.05) is 0 Å². The Morgan fingerprint density at radius 2 is 1.30 bits per heavy atom. The molecule has 0 atom stereocenters. The van der Waals surface area contributed by atoms with Gasteiger partial charge in [0.1, 0.15) is 0 Å². The molecule has 1 radical (unpaired) electrons. The van der Waals surface area contributed by atoms with Gasteiger partial charge in [0.2, 0.25) is 0 Å². The molecule has 4 nitrogen and oxygen atoms in total. The summed E-state index contributed by atoms with van der Waals surface area (Å²) in [4.78, 5) is 0. The minimum absolute atomic E-state index is 0. The summed E-state index contributed by atoms with van der Waals surface area (Å²) in [5.41, 5.74) is -5.53. The van der Waals surface area contributed by atoms with Crippen LogP contribution in [0.25, 0.3) is 0 Å². The summed E-state index contributed by atoms with van der Waals surface area (Å²) in [6.07, 6.45) is 0. The Morgan fingerprint density at radius 1 is 1.20 bits per heavy atom. The van der Waals surface area contributed by atoms with Gasteiger partial charge in [0, 0.05) is 49.4 Å². The summed E-state index contributed by atoms with van der Waals surface area (Å²) in [6, 6.07) is 0. The van der Waals surface area contributed by atoms with E-state index in [1.807, 2.05) is 0 Å². The van der Waals surface area contributed by atoms with E-state index in [1.165, 1.54) is 0 Å². The topological polar surface area (TPSA) is 85.9 Å². The predicted octanol–water partition coefficient (Wildman–Crippen LogP) is -0.431. The van der Waals surface area contributed by atoms with Crippen molar-refractivity contribution in [3.8, 4) is 0 Å². The van der Waals surface area contributed by atoms with E-state index in [2.05, 4.69) is 0 Å². The average Bonchev–Trinajstić information content (AvgIpc) is 1.25. The Bertz CT molecular complexity index is 169. The largest absolute Gasteiger partial charge is 0.522 e. The van der Waals surface area contributed by atoms with Crippen LogP contribution in [0, 0.1) is 49.4 Å². The van der Waals surface area contributed by atoms with E-state index in [0.29, 0.717) is 0 Å². The minimum Gasteiger partial charge on any atom is -0.412 e. The third kappa shape index (κ3) is 5.99. The van der Waals surface area contributed by atoms with Crippen LogP contribution in [0.1, 0.15) is 0 Å². The molecule has 65 valence electrons. The van der Waals surface area contributed by atoms with E-state index in [-0.39, 0.29) is 54.9 Å². The molecular weight excluding hydrogens is 317 g/mol. The first kappa shape index (κ1) is 17.4. The van der Waals surface area contributed by atoms with Crippen molar-refractivity contribution in [3.05, 3.63) is 0 Å². The number of halogens is 3. The van der Waals surface area contributed by atoms with Crippen molar-refractivity contribution in [1.82, 2.24) is 0 Å². The van der Waals surface area contributed by atoms with E-state index < -0.39 is 15.6 Å². The molecule has 3 N–H and O–H groups in total. The first-order valence-electron chi connectivity index (χ1n) is 1.29. The second-order valence-electron chi connectivity index (χ2n) is 0.921. The van der Waals surface area contributed by atoms with Gasteiger partial charge in [-0.05, 0) is 0 Å². The molecule has 0 aromatic carbocycles. The quantitative estimate of drug-likeness (QED) is 0.485. The summed E-state index contributed by atoms with van der Waals surface area (Å²) in [7, 11) is -5.84. The van der Waals surface area contributed by atoms with Crippen LogP contribution in [0.4, 0.5) is 13.2 Å². The maximum atomic E-state index is 10.7. The average molecular weight is 320 g/mol. The zero-order valence-electron chi connectivity index (χ0n) is 4.18. The van der Waals surface area contributed by atoms with Crippen LogP contribution >= 0.6 is 0 Å². The van der Waals surface area contributed by atoms with Crippen LogP contribution < -0.4 is 0 Å². The Balaban J connectivity index is -0.000000245. The molecule has 9 heteroatoms. The molecule has 0 aromatic heterocycles. The smallest absolute Gasteiger partial charge is 0.412 e. The molecule has 0 saturated carbocycles. The maximum Gasteiger partial charge on any atom is 0.522 e. The molecule has 0 aliphatic heterocycles. The zero-order chi connectivity index (χ0) is 7.00. The van der Waals surface area contributed by atoms with E-state index >= 15 is 0 Å². The number of rotatable bonds is 0. The van der Waals surface area contributed by atoms with Crippen LogP contribution in [-0.4, -0.2) is 24.0 Å². The van der Waals surface area contributed by atoms with E-state index in [4.69, 9.17) is 13.0 Å². The molecule has 0 amide bonds. The maximum absolute atomic E-state index is 10.7. The Hall–Kier alpha value is 1.24. The van der Waals surface area contributed by atoms with Gasteiger partial charge in [0.25, 0.3) is 0 Å². The van der Waals surface area contributed by atoms with Crippen molar-refractivity contribution in [3.63, 3.8) is 0 Å². The second-order valence-corrected chi connectivity index (χ2v) is 2.33. The molecule has 10 heavy (non-hydrogen) atoms. The SMILES string of the molecule is O.O=S(=O)(O)C(F)(F)F.[Eu]. The molecule has 0 bridgehead atoms. The summed E-state index contributed by atoms with van der Waals surface area (Å²) >= 11 is 0. The Labute approximate surface area is 95.4 Å². The van der Waals surface area contributed by atoms with Crippen molar-refractivity contribution in [2.45, 2.75) is 5.51 Å². The summed E-state index contributed by atoms with van der Waals surface area (Å²) in [5.74, 6) is 0. The number of hydrogen-bond acceptors (Lipinski definition) is 2. The molecule has 0 fully saturated rings. The Morgan fingerprint density at radius 3 is 1.30 bits per heavy atom. The summed E-state index contributed by atoms with van der Waals surface area (Å²) in [6.45, 7) is 0. The Kier molecular flexibility index (Phi) is 8.67. The first-order chi connectivity index (χ1) is 3.25. The minimum atomic E-state index is -5.84. The molecule has 0 unspecified atom stereocenters. The van der Waals surface area contributed by atoms with Gasteiger partial charge < -0.3 is 5.48 Å². The molecule has 0 saturated heterocycles. The van der Waals surface area contributed by atoms with Crippen LogP contribution in [0.3, 0.4) is 0 Å². The number of hydrogen-bond donors (Lipinski definition) is 1. The van der Waals surface area contributed by atoms with Gasteiger partial charge in [-0.2, -0.15) is 21.6 Å². The van der Waals surface area contributed by atoms with Crippen LogP contribution in [-0.2, 0) is 10.1 Å².